The van der Waals surface area contributed by atoms with Gasteiger partial charge in [0.2, 0.25) is 10.0 Å². The number of aryl methyl sites for hydroxylation is 2. The van der Waals surface area contributed by atoms with Crippen LogP contribution in [0.5, 0.6) is 0 Å². The number of hydrazone groups is 1. The molecule has 2 amide bonds. The highest BCUT2D eigenvalue weighted by Gasteiger charge is 2.26. The highest BCUT2D eigenvalue weighted by Crippen LogP contribution is 2.23. The van der Waals surface area contributed by atoms with Gasteiger partial charge in [-0.25, -0.2) is 13.8 Å². The predicted molar refractivity (Wildman–Crippen MR) is 156 cm³/mol. The summed E-state index contributed by atoms with van der Waals surface area (Å²) in [6.45, 7) is 3.97. The molecule has 1 heterocycles. The Hall–Kier alpha value is -4.06. The minimum absolute atomic E-state index is 0.0284. The minimum atomic E-state index is -3.85. The molecular weight excluding hydrogens is 596 g/mol. The zero-order valence-electron chi connectivity index (χ0n) is 21.8. The van der Waals surface area contributed by atoms with Gasteiger partial charge in [-0.05, 0) is 61.9 Å². The number of rotatable bonds is 9. The molecule has 9 nitrogen and oxygen atoms in total. The van der Waals surface area contributed by atoms with Gasteiger partial charge in [0, 0.05) is 16.7 Å². The molecular formula is C29H27BrN4O5S. The van der Waals surface area contributed by atoms with Crippen LogP contribution in [0.15, 0.2) is 104 Å². The molecule has 0 spiro atoms. The molecule has 0 aliphatic rings. The lowest BCUT2D eigenvalue weighted by Gasteiger charge is -2.21. The number of anilines is 1. The van der Waals surface area contributed by atoms with E-state index in [4.69, 9.17) is 4.42 Å². The largest absolute Gasteiger partial charge is 0.459 e. The molecule has 0 fully saturated rings. The number of benzene rings is 3. The maximum atomic E-state index is 13.6. The number of furan rings is 1. The Bertz CT molecular complexity index is 1630. The van der Waals surface area contributed by atoms with E-state index in [2.05, 4.69) is 31.8 Å². The Labute approximate surface area is 241 Å². The van der Waals surface area contributed by atoms with Crippen LogP contribution in [0.3, 0.4) is 0 Å². The van der Waals surface area contributed by atoms with Crippen molar-refractivity contribution in [1.82, 2.24) is 9.73 Å². The molecule has 0 bridgehead atoms. The van der Waals surface area contributed by atoms with Crippen LogP contribution < -0.4 is 10.7 Å². The number of amides is 2. The summed E-state index contributed by atoms with van der Waals surface area (Å²) in [6, 6.07) is 24.4. The first-order valence-electron chi connectivity index (χ1n) is 12.2. The van der Waals surface area contributed by atoms with Crippen molar-refractivity contribution >= 4 is 49.7 Å². The van der Waals surface area contributed by atoms with Crippen molar-refractivity contribution in [1.29, 1.82) is 0 Å². The first kappa shape index (κ1) is 28.9. The number of sulfonamides is 1. The second-order valence-electron chi connectivity index (χ2n) is 9.04. The molecule has 2 N–H and O–H groups in total. The monoisotopic (exact) mass is 622 g/mol. The Balaban J connectivity index is 1.44. The fraction of sp³-hybridized carbons (Fsp3) is 0.138. The van der Waals surface area contributed by atoms with E-state index in [0.29, 0.717) is 11.4 Å². The second-order valence-corrected chi connectivity index (χ2v) is 11.9. The molecule has 4 aromatic rings. The minimum Gasteiger partial charge on any atom is -0.459 e. The van der Waals surface area contributed by atoms with Gasteiger partial charge in [0.1, 0.15) is 11.5 Å². The molecule has 0 aliphatic carbocycles. The van der Waals surface area contributed by atoms with Crippen LogP contribution in [0, 0.1) is 13.8 Å². The Morgan fingerprint density at radius 3 is 2.25 bits per heavy atom. The third kappa shape index (κ3) is 7.75. The van der Waals surface area contributed by atoms with Gasteiger partial charge in [-0.15, -0.1) is 0 Å². The molecule has 0 unspecified atom stereocenters. The summed E-state index contributed by atoms with van der Waals surface area (Å²) in [7, 11) is -3.85. The fourth-order valence-electron chi connectivity index (χ4n) is 3.66. The smallest absolute Gasteiger partial charge is 0.329 e. The van der Waals surface area contributed by atoms with Crippen LogP contribution in [0.25, 0.3) is 0 Å². The Kier molecular flexibility index (Phi) is 9.30. The number of carbonyl (C=O) groups is 2. The number of hydrogen-bond acceptors (Lipinski definition) is 6. The Morgan fingerprint density at radius 1 is 0.900 bits per heavy atom. The van der Waals surface area contributed by atoms with Gasteiger partial charge in [-0.3, -0.25) is 9.59 Å². The second kappa shape index (κ2) is 12.9. The van der Waals surface area contributed by atoms with Crippen LogP contribution in [0.4, 0.5) is 5.69 Å². The summed E-state index contributed by atoms with van der Waals surface area (Å²) in [6.07, 6.45) is 1.23. The van der Waals surface area contributed by atoms with E-state index in [1.54, 1.807) is 60.7 Å². The number of nitrogens with zero attached hydrogens (tertiary/aromatic N) is 2. The number of nitrogens with one attached hydrogen (secondary N) is 2. The van der Waals surface area contributed by atoms with Crippen LogP contribution >= 0.6 is 15.9 Å². The highest BCUT2D eigenvalue weighted by molar-refractivity contribution is 9.10. The molecule has 0 radical (unpaired) electrons. The van der Waals surface area contributed by atoms with Crippen LogP contribution in [-0.4, -0.2) is 30.8 Å². The summed E-state index contributed by atoms with van der Waals surface area (Å²) in [5.74, 6) is -1.20. The summed E-state index contributed by atoms with van der Waals surface area (Å²) < 4.78 is 35.0. The molecule has 4 rings (SSSR count). The SMILES string of the molecule is Cc1ccc(CN(Cc2ccc(/C=N/NC(=O)C(=O)Nc3cccc(Br)c3)o2)S(=O)(=O)c2ccc(C)cc2)cc1. The third-order valence-electron chi connectivity index (χ3n) is 5.80. The van der Waals surface area contributed by atoms with E-state index in [9.17, 15) is 18.0 Å². The fourth-order valence-corrected chi connectivity index (χ4v) is 5.46. The zero-order valence-corrected chi connectivity index (χ0v) is 24.2. The maximum Gasteiger partial charge on any atom is 0.329 e. The van der Waals surface area contributed by atoms with Gasteiger partial charge < -0.3 is 9.73 Å². The van der Waals surface area contributed by atoms with Gasteiger partial charge in [-0.1, -0.05) is 69.5 Å². The van der Waals surface area contributed by atoms with Crippen molar-refractivity contribution in [2.24, 2.45) is 5.10 Å². The van der Waals surface area contributed by atoms with Crippen LogP contribution in [0.2, 0.25) is 0 Å². The van der Waals surface area contributed by atoms with Gasteiger partial charge in [0.05, 0.1) is 17.7 Å². The molecule has 3 aromatic carbocycles. The quantitative estimate of drug-likeness (QED) is 0.152. The topological polar surface area (TPSA) is 121 Å². The standard InChI is InChI=1S/C29H27BrN4O5S/c1-20-6-10-22(11-7-20)18-34(40(37,38)27-14-8-21(2)9-15-27)19-26-13-12-25(39-26)17-31-33-29(36)28(35)32-24-5-3-4-23(30)16-24/h3-17H,18-19H2,1-2H3,(H,32,35)(H,33,36)/b31-17+. The molecule has 0 saturated carbocycles. The molecule has 1 aromatic heterocycles. The van der Waals surface area contributed by atoms with Gasteiger partial charge >= 0.3 is 11.8 Å². The first-order valence-corrected chi connectivity index (χ1v) is 14.4. The predicted octanol–water partition coefficient (Wildman–Crippen LogP) is 5.14. The van der Waals surface area contributed by atoms with Crippen molar-refractivity contribution in [2.45, 2.75) is 31.8 Å². The number of hydrogen-bond donors (Lipinski definition) is 2. The summed E-state index contributed by atoms with van der Waals surface area (Å²) in [5, 5.41) is 6.24. The van der Waals surface area contributed by atoms with E-state index >= 15 is 0 Å². The van der Waals surface area contributed by atoms with E-state index in [1.165, 1.54) is 10.5 Å². The molecule has 0 aliphatic heterocycles. The molecule has 206 valence electrons. The number of halogens is 1. The number of carbonyl (C=O) groups excluding carboxylic acids is 2. The summed E-state index contributed by atoms with van der Waals surface area (Å²) in [4.78, 5) is 24.4. The molecule has 0 saturated heterocycles. The van der Waals surface area contributed by atoms with Crippen molar-refractivity contribution in [3.8, 4) is 0 Å². The third-order valence-corrected chi connectivity index (χ3v) is 8.10. The normalized spacial score (nSPS) is 11.6. The summed E-state index contributed by atoms with van der Waals surface area (Å²) >= 11 is 3.30. The van der Waals surface area contributed by atoms with Gasteiger partial charge in [0.15, 0.2) is 0 Å². The molecule has 40 heavy (non-hydrogen) atoms. The average molecular weight is 624 g/mol. The first-order chi connectivity index (χ1) is 19.1. The zero-order chi connectivity index (χ0) is 28.7. The molecule has 0 atom stereocenters. The average Bonchev–Trinajstić information content (AvgIpc) is 3.37. The lowest BCUT2D eigenvalue weighted by molar-refractivity contribution is -0.136. The van der Waals surface area contributed by atoms with Crippen LogP contribution in [0.1, 0.15) is 28.2 Å². The van der Waals surface area contributed by atoms with Crippen molar-refractivity contribution < 1.29 is 22.4 Å². The van der Waals surface area contributed by atoms with Crippen molar-refractivity contribution in [3.05, 3.63) is 118 Å². The van der Waals surface area contributed by atoms with Crippen molar-refractivity contribution in [2.75, 3.05) is 5.32 Å². The van der Waals surface area contributed by atoms with E-state index < -0.39 is 21.8 Å². The van der Waals surface area contributed by atoms with E-state index in [-0.39, 0.29) is 23.7 Å². The van der Waals surface area contributed by atoms with Crippen molar-refractivity contribution in [3.63, 3.8) is 0 Å². The highest BCUT2D eigenvalue weighted by atomic mass is 79.9. The lowest BCUT2D eigenvalue weighted by atomic mass is 10.1. The van der Waals surface area contributed by atoms with E-state index in [0.717, 1.165) is 21.2 Å². The lowest BCUT2D eigenvalue weighted by Crippen LogP contribution is -2.32. The Morgan fingerprint density at radius 2 is 1.57 bits per heavy atom. The van der Waals surface area contributed by atoms with Gasteiger partial charge in [-0.2, -0.15) is 9.41 Å². The van der Waals surface area contributed by atoms with Gasteiger partial charge in [0.25, 0.3) is 0 Å². The van der Waals surface area contributed by atoms with E-state index in [1.807, 2.05) is 38.1 Å². The van der Waals surface area contributed by atoms with Crippen LogP contribution in [-0.2, 0) is 32.7 Å². The molecule has 11 heteroatoms. The summed E-state index contributed by atoms with van der Waals surface area (Å²) in [5.41, 5.74) is 5.45. The maximum absolute atomic E-state index is 13.6.